The third-order valence-corrected chi connectivity index (χ3v) is 10.3. The van der Waals surface area contributed by atoms with Gasteiger partial charge in [0, 0.05) is 16.7 Å². The van der Waals surface area contributed by atoms with Gasteiger partial charge in [-0.1, -0.05) is 141 Å². The van der Waals surface area contributed by atoms with Gasteiger partial charge in [0.2, 0.25) is 0 Å². The van der Waals surface area contributed by atoms with Crippen molar-refractivity contribution >= 4 is 49.4 Å². The molecule has 0 fully saturated rings. The van der Waals surface area contributed by atoms with Gasteiger partial charge in [-0.3, -0.25) is 0 Å². The van der Waals surface area contributed by atoms with Gasteiger partial charge in [-0.25, -0.2) is 0 Å². The maximum atomic E-state index is 2.52. The normalized spacial score (nSPS) is 13.2. The molecule has 0 spiro atoms. The second kappa shape index (κ2) is 10.4. The fraction of sp³-hybridized carbons (Fsp3) is 0.0870. The van der Waals surface area contributed by atoms with E-state index in [9.17, 15) is 0 Å². The van der Waals surface area contributed by atoms with Crippen LogP contribution in [0.1, 0.15) is 30.5 Å². The summed E-state index contributed by atoms with van der Waals surface area (Å²) in [6.45, 7) is 6.96. The van der Waals surface area contributed by atoms with Crippen LogP contribution in [0.2, 0.25) is 0 Å². The highest BCUT2D eigenvalue weighted by atomic mass is 15.1. The molecule has 8 aromatic carbocycles. The van der Waals surface area contributed by atoms with Crippen molar-refractivity contribution in [1.29, 1.82) is 0 Å². The molecule has 0 aromatic heterocycles. The summed E-state index contributed by atoms with van der Waals surface area (Å²) in [5.41, 5.74) is 12.5. The quantitative estimate of drug-likeness (QED) is 0.194. The third kappa shape index (κ3) is 4.23. The zero-order valence-corrected chi connectivity index (χ0v) is 27.0. The second-order valence-corrected chi connectivity index (χ2v) is 13.4. The van der Waals surface area contributed by atoms with Gasteiger partial charge in [-0.05, 0) is 103 Å². The second-order valence-electron chi connectivity index (χ2n) is 13.4. The van der Waals surface area contributed by atoms with E-state index in [4.69, 9.17) is 0 Å². The number of hydrogen-bond donors (Lipinski definition) is 0. The summed E-state index contributed by atoms with van der Waals surface area (Å²) in [5, 5.41) is 7.56. The summed E-state index contributed by atoms with van der Waals surface area (Å²) in [6, 6.07) is 58.4. The van der Waals surface area contributed by atoms with E-state index in [-0.39, 0.29) is 5.41 Å². The number of nitrogens with zero attached hydrogens (tertiary/aromatic N) is 1. The highest BCUT2D eigenvalue weighted by Crippen LogP contribution is 2.56. The standard InChI is InChI=1S/C46H35N/c1-30-22-25-35(26-23-30)47(43-21-11-20-39-40-28-33-14-4-5-15-34(33)29-41(40)46(2,3)45(39)43)42-27-24-32-13-7-9-18-37(32)44(42)38-19-10-16-31-12-6-8-17-36(31)38/h4-29H,1-3H3. The molecular weight excluding hydrogens is 567 g/mol. The average Bonchev–Trinajstić information content (AvgIpc) is 3.33. The highest BCUT2D eigenvalue weighted by molar-refractivity contribution is 6.12. The number of benzene rings is 8. The zero-order valence-electron chi connectivity index (χ0n) is 27.0. The molecular formula is C46H35N. The predicted molar refractivity (Wildman–Crippen MR) is 201 cm³/mol. The molecule has 1 nitrogen and oxygen atoms in total. The van der Waals surface area contributed by atoms with Crippen LogP contribution < -0.4 is 4.90 Å². The van der Waals surface area contributed by atoms with Crippen LogP contribution in [0.15, 0.2) is 158 Å². The Hall–Kier alpha value is -5.66. The molecule has 0 amide bonds. The monoisotopic (exact) mass is 601 g/mol. The molecule has 8 aromatic rings. The Morgan fingerprint density at radius 3 is 1.81 bits per heavy atom. The van der Waals surface area contributed by atoms with Crippen LogP contribution in [-0.4, -0.2) is 0 Å². The lowest BCUT2D eigenvalue weighted by molar-refractivity contribution is 0.661. The molecule has 0 radical (unpaired) electrons. The first kappa shape index (κ1) is 27.6. The number of aryl methyl sites for hydroxylation is 1. The maximum Gasteiger partial charge on any atom is 0.0546 e. The molecule has 0 saturated heterocycles. The van der Waals surface area contributed by atoms with Crippen LogP contribution in [-0.2, 0) is 5.41 Å². The SMILES string of the molecule is Cc1ccc(N(c2cccc3c2C(C)(C)c2cc4ccccc4cc2-3)c2ccc3ccccc3c2-c2cccc3ccccc23)cc1. The molecule has 0 N–H and O–H groups in total. The van der Waals surface area contributed by atoms with Crippen molar-refractivity contribution in [2.45, 2.75) is 26.2 Å². The summed E-state index contributed by atoms with van der Waals surface area (Å²) >= 11 is 0. The Morgan fingerprint density at radius 1 is 0.447 bits per heavy atom. The van der Waals surface area contributed by atoms with E-state index in [1.165, 1.54) is 82.6 Å². The van der Waals surface area contributed by atoms with E-state index in [1.54, 1.807) is 0 Å². The Kier molecular flexibility index (Phi) is 6.14. The first-order valence-electron chi connectivity index (χ1n) is 16.5. The molecule has 1 heteroatoms. The van der Waals surface area contributed by atoms with Crippen LogP contribution in [0.4, 0.5) is 17.1 Å². The fourth-order valence-electron chi connectivity index (χ4n) is 8.00. The third-order valence-electron chi connectivity index (χ3n) is 10.3. The van der Waals surface area contributed by atoms with Crippen molar-refractivity contribution in [2.75, 3.05) is 4.90 Å². The maximum absolute atomic E-state index is 2.52. The van der Waals surface area contributed by atoms with Crippen molar-refractivity contribution in [3.05, 3.63) is 174 Å². The topological polar surface area (TPSA) is 3.24 Å². The van der Waals surface area contributed by atoms with Gasteiger partial charge in [-0.2, -0.15) is 0 Å². The largest absolute Gasteiger partial charge is 0.310 e. The summed E-state index contributed by atoms with van der Waals surface area (Å²) in [7, 11) is 0. The number of anilines is 3. The highest BCUT2D eigenvalue weighted by Gasteiger charge is 2.39. The van der Waals surface area contributed by atoms with E-state index >= 15 is 0 Å². The number of rotatable bonds is 4. The average molecular weight is 602 g/mol. The lowest BCUT2D eigenvalue weighted by Gasteiger charge is -2.34. The number of fused-ring (bicyclic) bond motifs is 6. The zero-order chi connectivity index (χ0) is 31.7. The van der Waals surface area contributed by atoms with Gasteiger partial charge in [0.15, 0.2) is 0 Å². The minimum atomic E-state index is -0.204. The van der Waals surface area contributed by atoms with Crippen molar-refractivity contribution in [2.24, 2.45) is 0 Å². The van der Waals surface area contributed by atoms with Crippen molar-refractivity contribution < 1.29 is 0 Å². The van der Waals surface area contributed by atoms with Gasteiger partial charge in [-0.15, -0.1) is 0 Å². The molecule has 1 aliphatic carbocycles. The molecule has 47 heavy (non-hydrogen) atoms. The molecule has 0 aliphatic heterocycles. The Balaban J connectivity index is 1.38. The molecule has 224 valence electrons. The predicted octanol–water partition coefficient (Wildman–Crippen LogP) is 12.9. The summed E-state index contributed by atoms with van der Waals surface area (Å²) < 4.78 is 0. The van der Waals surface area contributed by atoms with Crippen molar-refractivity contribution in [3.63, 3.8) is 0 Å². The van der Waals surface area contributed by atoms with E-state index in [2.05, 4.69) is 183 Å². The summed E-state index contributed by atoms with van der Waals surface area (Å²) in [6.07, 6.45) is 0. The first-order valence-corrected chi connectivity index (χ1v) is 16.5. The molecule has 0 unspecified atom stereocenters. The summed E-state index contributed by atoms with van der Waals surface area (Å²) in [5.74, 6) is 0. The van der Waals surface area contributed by atoms with Crippen LogP contribution in [0.3, 0.4) is 0 Å². The van der Waals surface area contributed by atoms with Crippen LogP contribution in [0.25, 0.3) is 54.6 Å². The van der Waals surface area contributed by atoms with E-state index in [0.717, 1.165) is 5.69 Å². The first-order chi connectivity index (χ1) is 23.0. The van der Waals surface area contributed by atoms with Gasteiger partial charge in [0.25, 0.3) is 0 Å². The number of hydrogen-bond acceptors (Lipinski definition) is 1. The fourth-order valence-corrected chi connectivity index (χ4v) is 8.00. The van der Waals surface area contributed by atoms with Gasteiger partial charge >= 0.3 is 0 Å². The van der Waals surface area contributed by atoms with E-state index in [0.29, 0.717) is 0 Å². The van der Waals surface area contributed by atoms with Gasteiger partial charge in [0.1, 0.15) is 0 Å². The van der Waals surface area contributed by atoms with Crippen LogP contribution in [0, 0.1) is 6.92 Å². The van der Waals surface area contributed by atoms with Crippen LogP contribution >= 0.6 is 0 Å². The van der Waals surface area contributed by atoms with Crippen molar-refractivity contribution in [3.8, 4) is 22.3 Å². The lowest BCUT2D eigenvalue weighted by Crippen LogP contribution is -2.21. The lowest BCUT2D eigenvalue weighted by atomic mass is 9.80. The minimum absolute atomic E-state index is 0.204. The molecule has 0 saturated carbocycles. The Labute approximate surface area is 276 Å². The molecule has 0 atom stereocenters. The van der Waals surface area contributed by atoms with Gasteiger partial charge in [0.05, 0.1) is 11.4 Å². The molecule has 0 bridgehead atoms. The van der Waals surface area contributed by atoms with Crippen LogP contribution in [0.5, 0.6) is 0 Å². The molecule has 9 rings (SSSR count). The summed E-state index contributed by atoms with van der Waals surface area (Å²) in [4.78, 5) is 2.52. The van der Waals surface area contributed by atoms with E-state index < -0.39 is 0 Å². The van der Waals surface area contributed by atoms with Gasteiger partial charge < -0.3 is 4.90 Å². The Bertz CT molecular complexity index is 2490. The molecule has 1 aliphatic rings. The van der Waals surface area contributed by atoms with E-state index in [1.807, 2.05) is 0 Å². The minimum Gasteiger partial charge on any atom is -0.310 e. The Morgan fingerprint density at radius 2 is 1.04 bits per heavy atom. The van der Waals surface area contributed by atoms with Crippen molar-refractivity contribution in [1.82, 2.24) is 0 Å². The smallest absolute Gasteiger partial charge is 0.0546 e. The molecule has 0 heterocycles.